The van der Waals surface area contributed by atoms with Crippen molar-refractivity contribution in [3.8, 4) is 0 Å². The van der Waals surface area contributed by atoms with Crippen molar-refractivity contribution >= 4 is 22.8 Å². The lowest BCUT2D eigenvalue weighted by atomic mass is 10.4. The molecule has 0 radical (unpaired) electrons. The number of ether oxygens (including phenoxy) is 3. The smallest absolute Gasteiger partial charge is 0.382 e. The van der Waals surface area contributed by atoms with Crippen LogP contribution in [0.4, 0.5) is 0 Å². The van der Waals surface area contributed by atoms with Gasteiger partial charge in [-0.05, 0) is 26.5 Å². The highest BCUT2D eigenvalue weighted by Crippen LogP contribution is 2.12. The Labute approximate surface area is 207 Å². The standard InChI is InChI=1S/C12H20O3Si.C11H24O6Si/c1-4-13-16(14-5-2,15-6-3)12-10-8-7-9-11-12;1-5-18(15-9-6-12-2,16-10-7-13-3)17-11-8-14-4/h7-11H,4-6H2,1-3H3;5H,1,6-11H2,2-4H3. The lowest BCUT2D eigenvalue weighted by Gasteiger charge is -2.28. The van der Waals surface area contributed by atoms with Gasteiger partial charge in [-0.3, -0.25) is 0 Å². The molecule has 198 valence electrons. The third kappa shape index (κ3) is 13.2. The molecule has 0 heterocycles. The first-order valence-electron chi connectivity index (χ1n) is 11.5. The average molecular weight is 521 g/mol. The van der Waals surface area contributed by atoms with E-state index in [4.69, 9.17) is 40.8 Å². The van der Waals surface area contributed by atoms with Crippen LogP contribution in [-0.2, 0) is 40.8 Å². The van der Waals surface area contributed by atoms with E-state index in [2.05, 4.69) is 6.58 Å². The summed E-state index contributed by atoms with van der Waals surface area (Å²) in [6.07, 6.45) is 0. The number of rotatable bonds is 20. The van der Waals surface area contributed by atoms with Crippen molar-refractivity contribution in [3.05, 3.63) is 42.6 Å². The summed E-state index contributed by atoms with van der Waals surface area (Å²) in [6, 6.07) is 9.95. The molecule has 0 atom stereocenters. The van der Waals surface area contributed by atoms with Gasteiger partial charge in [0.2, 0.25) is 0 Å². The fourth-order valence-electron chi connectivity index (χ4n) is 2.69. The quantitative estimate of drug-likeness (QED) is 0.190. The zero-order valence-corrected chi connectivity index (χ0v) is 23.7. The molecule has 0 N–H and O–H groups in total. The maximum absolute atomic E-state index is 5.79. The number of methoxy groups -OCH3 is 3. The van der Waals surface area contributed by atoms with E-state index in [1.54, 1.807) is 27.0 Å². The first-order valence-corrected chi connectivity index (χ1v) is 15.1. The molecule has 0 bridgehead atoms. The van der Waals surface area contributed by atoms with E-state index in [1.807, 2.05) is 51.1 Å². The Hall–Kier alpha value is -0.966. The van der Waals surface area contributed by atoms with Gasteiger partial charge in [-0.2, -0.15) is 0 Å². The largest absolute Gasteiger partial charge is 0.537 e. The van der Waals surface area contributed by atoms with Gasteiger partial charge in [0, 0.05) is 46.3 Å². The molecule has 1 aromatic rings. The molecule has 9 nitrogen and oxygen atoms in total. The first-order chi connectivity index (χ1) is 16.5. The molecule has 1 aromatic carbocycles. The van der Waals surface area contributed by atoms with Gasteiger partial charge in [-0.25, -0.2) is 0 Å². The number of benzene rings is 1. The minimum atomic E-state index is -2.86. The van der Waals surface area contributed by atoms with E-state index >= 15 is 0 Å². The topological polar surface area (TPSA) is 83.1 Å². The highest BCUT2D eigenvalue weighted by Gasteiger charge is 2.42. The van der Waals surface area contributed by atoms with Crippen LogP contribution in [0.1, 0.15) is 20.8 Å². The van der Waals surface area contributed by atoms with Crippen molar-refractivity contribution in [1.82, 2.24) is 0 Å². The van der Waals surface area contributed by atoms with Crippen molar-refractivity contribution in [2.75, 3.05) is 80.8 Å². The fraction of sp³-hybridized carbons (Fsp3) is 0.652. The average Bonchev–Trinajstić information content (AvgIpc) is 2.85. The summed E-state index contributed by atoms with van der Waals surface area (Å²) < 4.78 is 49.1. The zero-order valence-electron chi connectivity index (χ0n) is 21.7. The van der Waals surface area contributed by atoms with E-state index in [-0.39, 0.29) is 0 Å². The Bertz CT molecular complexity index is 550. The monoisotopic (exact) mass is 520 g/mol. The van der Waals surface area contributed by atoms with Crippen LogP contribution in [0.3, 0.4) is 0 Å². The van der Waals surface area contributed by atoms with E-state index < -0.39 is 17.6 Å². The molecule has 1 rings (SSSR count). The Morgan fingerprint density at radius 3 is 1.29 bits per heavy atom. The highest BCUT2D eigenvalue weighted by molar-refractivity contribution is 6.75. The summed E-state index contributed by atoms with van der Waals surface area (Å²) >= 11 is 0. The van der Waals surface area contributed by atoms with Gasteiger partial charge >= 0.3 is 17.6 Å². The van der Waals surface area contributed by atoms with Crippen molar-refractivity contribution in [3.63, 3.8) is 0 Å². The summed E-state index contributed by atoms with van der Waals surface area (Å²) in [5, 5.41) is 1.03. The molecule has 0 saturated carbocycles. The second kappa shape index (κ2) is 21.3. The number of hydrogen-bond acceptors (Lipinski definition) is 9. The van der Waals surface area contributed by atoms with Crippen LogP contribution in [-0.4, -0.2) is 98.4 Å². The van der Waals surface area contributed by atoms with Crippen LogP contribution in [0.15, 0.2) is 42.6 Å². The molecular weight excluding hydrogens is 476 g/mol. The van der Waals surface area contributed by atoms with Gasteiger partial charge < -0.3 is 40.8 Å². The van der Waals surface area contributed by atoms with Crippen molar-refractivity contribution in [1.29, 1.82) is 0 Å². The second-order valence-electron chi connectivity index (χ2n) is 6.55. The molecule has 34 heavy (non-hydrogen) atoms. The van der Waals surface area contributed by atoms with E-state index in [0.29, 0.717) is 59.5 Å². The van der Waals surface area contributed by atoms with Crippen LogP contribution in [0, 0.1) is 0 Å². The van der Waals surface area contributed by atoms with Gasteiger partial charge in [0.05, 0.1) is 39.6 Å². The van der Waals surface area contributed by atoms with Crippen molar-refractivity contribution in [2.24, 2.45) is 0 Å². The van der Waals surface area contributed by atoms with Gasteiger partial charge in [0.1, 0.15) is 0 Å². The summed E-state index contributed by atoms with van der Waals surface area (Å²) in [5.41, 5.74) is 1.61. The van der Waals surface area contributed by atoms with Crippen molar-refractivity contribution in [2.45, 2.75) is 20.8 Å². The minimum absolute atomic E-state index is 0.398. The third-order valence-electron chi connectivity index (χ3n) is 4.15. The lowest BCUT2D eigenvalue weighted by Crippen LogP contribution is -2.56. The molecule has 0 amide bonds. The van der Waals surface area contributed by atoms with Crippen LogP contribution in [0.5, 0.6) is 0 Å². The van der Waals surface area contributed by atoms with Crippen molar-refractivity contribution < 1.29 is 40.8 Å². The molecule has 0 aliphatic carbocycles. The Morgan fingerprint density at radius 2 is 1.00 bits per heavy atom. The molecule has 11 heteroatoms. The summed E-state index contributed by atoms with van der Waals surface area (Å²) in [4.78, 5) is 0. The van der Waals surface area contributed by atoms with Gasteiger partial charge in [-0.1, -0.05) is 36.9 Å². The highest BCUT2D eigenvalue weighted by atomic mass is 28.4. The fourth-order valence-corrected chi connectivity index (χ4v) is 6.89. The molecule has 0 aliphatic rings. The molecule has 0 fully saturated rings. The molecule has 0 unspecified atom stereocenters. The number of hydrogen-bond donors (Lipinski definition) is 0. The summed E-state index contributed by atoms with van der Waals surface area (Å²) in [5.74, 6) is 0. The third-order valence-corrected chi connectivity index (χ3v) is 9.52. The second-order valence-corrected chi connectivity index (χ2v) is 11.6. The Morgan fingerprint density at radius 1 is 0.618 bits per heavy atom. The molecule has 0 spiro atoms. The Kier molecular flexibility index (Phi) is 20.7. The van der Waals surface area contributed by atoms with Gasteiger partial charge in [0.25, 0.3) is 0 Å². The van der Waals surface area contributed by atoms with Crippen LogP contribution in [0.25, 0.3) is 0 Å². The minimum Gasteiger partial charge on any atom is -0.382 e. The summed E-state index contributed by atoms with van der Waals surface area (Å²) in [6.45, 7) is 14.0. The van der Waals surface area contributed by atoms with Crippen LogP contribution < -0.4 is 5.19 Å². The zero-order chi connectivity index (χ0) is 25.5. The van der Waals surface area contributed by atoms with E-state index in [1.165, 1.54) is 0 Å². The first kappa shape index (κ1) is 33.0. The summed E-state index contributed by atoms with van der Waals surface area (Å²) in [7, 11) is -0.701. The Balaban J connectivity index is 0.000000644. The predicted molar refractivity (Wildman–Crippen MR) is 136 cm³/mol. The molecule has 0 aromatic heterocycles. The maximum Gasteiger partial charge on any atom is 0.537 e. The maximum atomic E-state index is 5.79. The van der Waals surface area contributed by atoms with Gasteiger partial charge in [0.15, 0.2) is 0 Å². The van der Waals surface area contributed by atoms with Gasteiger partial charge in [-0.15, -0.1) is 0 Å². The van der Waals surface area contributed by atoms with E-state index in [0.717, 1.165) is 5.19 Å². The van der Waals surface area contributed by atoms with Crippen LogP contribution in [0.2, 0.25) is 0 Å². The molecule has 0 saturated heterocycles. The molecular formula is C23H44O9Si2. The normalized spacial score (nSPS) is 11.7. The predicted octanol–water partition coefficient (Wildman–Crippen LogP) is 2.58. The van der Waals surface area contributed by atoms with E-state index in [9.17, 15) is 0 Å². The van der Waals surface area contributed by atoms with Crippen LogP contribution >= 0.6 is 0 Å². The molecule has 0 aliphatic heterocycles. The SMILES string of the molecule is C=C[Si](OCCOC)(OCCOC)OCCOC.CCO[Si](OCC)(OCC)c1ccccc1. The lowest BCUT2D eigenvalue weighted by molar-refractivity contribution is 0.0232.